The lowest BCUT2D eigenvalue weighted by molar-refractivity contribution is -0.177. The van der Waals surface area contributed by atoms with Crippen LogP contribution in [0.25, 0.3) is 0 Å². The molecule has 0 saturated heterocycles. The molecule has 0 heterocycles. The van der Waals surface area contributed by atoms with Crippen LogP contribution in [0.4, 0.5) is 0 Å². The molecule has 6 heteroatoms. The van der Waals surface area contributed by atoms with Crippen molar-refractivity contribution in [1.82, 2.24) is 0 Å². The van der Waals surface area contributed by atoms with Crippen molar-refractivity contribution in [1.29, 1.82) is 0 Å². The Morgan fingerprint density at radius 1 is 1.08 bits per heavy atom. The zero-order valence-electron chi connectivity index (χ0n) is 16.7. The van der Waals surface area contributed by atoms with Crippen molar-refractivity contribution in [3.05, 3.63) is 0 Å². The number of methoxy groups -OCH3 is 1. The van der Waals surface area contributed by atoms with Crippen LogP contribution in [0.15, 0.2) is 0 Å². The molecule has 0 amide bonds. The Labute approximate surface area is 147 Å². The summed E-state index contributed by atoms with van der Waals surface area (Å²) in [6.07, 6.45) is 1.10. The maximum atomic E-state index is 12.3. The molecule has 0 aliphatic heterocycles. The van der Waals surface area contributed by atoms with E-state index in [-0.39, 0.29) is 29.5 Å². The number of hydrogen-bond donors (Lipinski definition) is 0. The van der Waals surface area contributed by atoms with Gasteiger partial charge in [-0.05, 0) is 51.7 Å². The smallest absolute Gasteiger partial charge is 0.312 e. The van der Waals surface area contributed by atoms with Crippen LogP contribution in [0.1, 0.15) is 60.8 Å². The van der Waals surface area contributed by atoms with E-state index in [1.165, 1.54) is 7.11 Å². The van der Waals surface area contributed by atoms with Gasteiger partial charge >= 0.3 is 11.9 Å². The minimum atomic E-state index is -1.89. The molecule has 0 N–H and O–H groups in total. The molecular weight excluding hydrogens is 324 g/mol. The third kappa shape index (κ3) is 5.05. The lowest BCUT2D eigenvalue weighted by Crippen LogP contribution is -2.55. The van der Waals surface area contributed by atoms with E-state index in [0.717, 1.165) is 0 Å². The molecule has 140 valence electrons. The van der Waals surface area contributed by atoms with E-state index >= 15 is 0 Å². The lowest BCUT2D eigenvalue weighted by Gasteiger charge is -2.49. The molecule has 5 nitrogen and oxygen atoms in total. The van der Waals surface area contributed by atoms with Crippen molar-refractivity contribution in [3.63, 3.8) is 0 Å². The number of hydrogen-bond acceptors (Lipinski definition) is 5. The van der Waals surface area contributed by atoms with Crippen LogP contribution >= 0.6 is 0 Å². The van der Waals surface area contributed by atoms with E-state index in [0.29, 0.717) is 12.8 Å². The third-order valence-electron chi connectivity index (χ3n) is 5.03. The Morgan fingerprint density at radius 2 is 1.58 bits per heavy atom. The Bertz CT molecular complexity index is 479. The van der Waals surface area contributed by atoms with Crippen LogP contribution in [-0.2, 0) is 23.5 Å². The molecule has 1 aliphatic carbocycles. The van der Waals surface area contributed by atoms with E-state index in [9.17, 15) is 9.59 Å². The van der Waals surface area contributed by atoms with Gasteiger partial charge in [-0.1, -0.05) is 20.8 Å². The monoisotopic (exact) mass is 358 g/mol. The highest BCUT2D eigenvalue weighted by molar-refractivity contribution is 6.74. The van der Waals surface area contributed by atoms with Crippen LogP contribution in [0.5, 0.6) is 0 Å². The van der Waals surface area contributed by atoms with Gasteiger partial charge < -0.3 is 13.9 Å². The number of esters is 2. The topological polar surface area (TPSA) is 61.8 Å². The zero-order valence-corrected chi connectivity index (χ0v) is 17.7. The van der Waals surface area contributed by atoms with Gasteiger partial charge in [0.1, 0.15) is 5.60 Å². The van der Waals surface area contributed by atoms with Crippen molar-refractivity contribution < 1.29 is 23.5 Å². The van der Waals surface area contributed by atoms with Crippen molar-refractivity contribution in [2.75, 3.05) is 7.11 Å². The molecule has 0 aromatic rings. The average Bonchev–Trinajstić information content (AvgIpc) is 2.30. The molecule has 1 fully saturated rings. The van der Waals surface area contributed by atoms with Crippen molar-refractivity contribution in [2.45, 2.75) is 90.6 Å². The predicted octanol–water partition coefficient (Wildman–Crippen LogP) is 4.06. The van der Waals surface area contributed by atoms with Gasteiger partial charge in [0.2, 0.25) is 0 Å². The molecular formula is C18H34O5Si. The minimum Gasteiger partial charge on any atom is -0.469 e. The highest BCUT2D eigenvalue weighted by atomic mass is 28.4. The van der Waals surface area contributed by atoms with Crippen molar-refractivity contribution in [3.8, 4) is 0 Å². The van der Waals surface area contributed by atoms with Gasteiger partial charge in [-0.2, -0.15) is 0 Å². The van der Waals surface area contributed by atoms with Gasteiger partial charge in [-0.15, -0.1) is 0 Å². The summed E-state index contributed by atoms with van der Waals surface area (Å²) in [4.78, 5) is 24.4. The first-order chi connectivity index (χ1) is 10.6. The van der Waals surface area contributed by atoms with Crippen LogP contribution < -0.4 is 0 Å². The molecule has 0 spiro atoms. The first kappa shape index (κ1) is 21.2. The summed E-state index contributed by atoms with van der Waals surface area (Å²) in [7, 11) is -0.529. The summed E-state index contributed by atoms with van der Waals surface area (Å²) in [5, 5.41) is 0.113. The Hall–Kier alpha value is -0.883. The number of rotatable bonds is 5. The fourth-order valence-corrected chi connectivity index (χ4v) is 4.10. The second-order valence-electron chi connectivity index (χ2n) is 9.44. The lowest BCUT2D eigenvalue weighted by atomic mass is 9.64. The van der Waals surface area contributed by atoms with Crippen molar-refractivity contribution >= 4 is 20.3 Å². The summed E-state index contributed by atoms with van der Waals surface area (Å²) < 4.78 is 16.7. The van der Waals surface area contributed by atoms with Gasteiger partial charge in [-0.25, -0.2) is 0 Å². The molecule has 1 aliphatic rings. The Morgan fingerprint density at radius 3 is 1.96 bits per heavy atom. The van der Waals surface area contributed by atoms with E-state index in [2.05, 4.69) is 33.9 Å². The van der Waals surface area contributed by atoms with E-state index < -0.39 is 19.3 Å². The standard InChI is InChI=1S/C18H34O5Si/c1-16(2,3)22-14(19)12-18(15(20)21-7)10-13(11-18)23-24(8,9)17(4,5)6/h13H,10-12H2,1-9H3. The molecule has 0 aromatic heterocycles. The predicted molar refractivity (Wildman–Crippen MR) is 96.2 cm³/mol. The Kier molecular flexibility index (Phi) is 5.98. The van der Waals surface area contributed by atoms with Gasteiger partial charge in [0.15, 0.2) is 8.32 Å². The summed E-state index contributed by atoms with van der Waals surface area (Å²) in [6, 6.07) is 0. The Balaban J connectivity index is 2.76. The maximum absolute atomic E-state index is 12.3. The molecule has 1 saturated carbocycles. The van der Waals surface area contributed by atoms with Gasteiger partial charge in [-0.3, -0.25) is 9.59 Å². The second-order valence-corrected chi connectivity index (χ2v) is 14.2. The normalized spacial score (nSPS) is 25.0. The number of ether oxygens (including phenoxy) is 2. The number of carbonyl (C=O) groups excluding carboxylic acids is 2. The second kappa shape index (κ2) is 6.79. The molecule has 24 heavy (non-hydrogen) atoms. The van der Waals surface area contributed by atoms with Gasteiger partial charge in [0.05, 0.1) is 18.9 Å². The first-order valence-electron chi connectivity index (χ1n) is 8.60. The fourth-order valence-electron chi connectivity index (χ4n) is 2.74. The fraction of sp³-hybridized carbons (Fsp3) is 0.889. The summed E-state index contributed by atoms with van der Waals surface area (Å²) in [5.74, 6) is -0.706. The third-order valence-corrected chi connectivity index (χ3v) is 9.56. The summed E-state index contributed by atoms with van der Waals surface area (Å²) in [5.41, 5.74) is -1.36. The number of carbonyl (C=O) groups is 2. The van der Waals surface area contributed by atoms with Gasteiger partial charge in [0.25, 0.3) is 0 Å². The summed E-state index contributed by atoms with van der Waals surface area (Å²) >= 11 is 0. The van der Waals surface area contributed by atoms with Crippen LogP contribution in [0.2, 0.25) is 18.1 Å². The van der Waals surface area contributed by atoms with Crippen LogP contribution in [0.3, 0.4) is 0 Å². The van der Waals surface area contributed by atoms with E-state index in [1.807, 2.05) is 20.8 Å². The van der Waals surface area contributed by atoms with Crippen molar-refractivity contribution in [2.24, 2.45) is 5.41 Å². The molecule has 0 atom stereocenters. The summed E-state index contributed by atoms with van der Waals surface area (Å²) in [6.45, 7) is 16.4. The quantitative estimate of drug-likeness (QED) is 0.548. The molecule has 1 rings (SSSR count). The molecule has 0 aromatic carbocycles. The minimum absolute atomic E-state index is 0.00688. The maximum Gasteiger partial charge on any atom is 0.312 e. The highest BCUT2D eigenvalue weighted by Crippen LogP contribution is 2.50. The zero-order chi connectivity index (χ0) is 19.0. The van der Waals surface area contributed by atoms with Gasteiger partial charge in [0, 0.05) is 6.10 Å². The molecule has 0 unspecified atom stereocenters. The van der Waals surface area contributed by atoms with E-state index in [4.69, 9.17) is 13.9 Å². The molecule has 0 radical (unpaired) electrons. The van der Waals surface area contributed by atoms with E-state index in [1.54, 1.807) is 0 Å². The SMILES string of the molecule is COC(=O)C1(CC(=O)OC(C)(C)C)CC(O[Si](C)(C)C(C)(C)C)C1. The highest BCUT2D eigenvalue weighted by Gasteiger charge is 2.55. The average molecular weight is 359 g/mol. The largest absolute Gasteiger partial charge is 0.469 e. The van der Waals surface area contributed by atoms with Crippen LogP contribution in [-0.4, -0.2) is 39.1 Å². The first-order valence-corrected chi connectivity index (χ1v) is 11.5. The van der Waals surface area contributed by atoms with Crippen LogP contribution in [0, 0.1) is 5.41 Å². The molecule has 0 bridgehead atoms.